The standard InChI is InChI=1S/C21H16N2O2/c1-25-20-11-10-14(12-19(20)24)13-22-23-21-17-8-4-2-6-15(17)16-7-3-5-9-18(16)21/h2-13,24H,1H3/b22-13+. The molecule has 0 spiro atoms. The second kappa shape index (κ2) is 6.24. The summed E-state index contributed by atoms with van der Waals surface area (Å²) in [5, 5.41) is 18.5. The van der Waals surface area contributed by atoms with Gasteiger partial charge in [0.2, 0.25) is 0 Å². The molecule has 0 atom stereocenters. The predicted molar refractivity (Wildman–Crippen MR) is 99.8 cm³/mol. The molecular weight excluding hydrogens is 312 g/mol. The molecule has 0 saturated heterocycles. The SMILES string of the molecule is COc1ccc(/C=N/N=C2c3ccccc3-c3ccccc32)cc1O. The van der Waals surface area contributed by atoms with Crippen molar-refractivity contribution in [3.8, 4) is 22.6 Å². The third-order valence-electron chi connectivity index (χ3n) is 4.22. The number of ether oxygens (including phenoxy) is 1. The van der Waals surface area contributed by atoms with Crippen LogP contribution in [0.5, 0.6) is 11.5 Å². The van der Waals surface area contributed by atoms with Gasteiger partial charge in [-0.05, 0) is 34.9 Å². The third kappa shape index (κ3) is 2.68. The Balaban J connectivity index is 1.71. The zero-order valence-electron chi connectivity index (χ0n) is 13.7. The van der Waals surface area contributed by atoms with Gasteiger partial charge in [-0.15, -0.1) is 5.10 Å². The van der Waals surface area contributed by atoms with Gasteiger partial charge in [-0.25, -0.2) is 0 Å². The van der Waals surface area contributed by atoms with E-state index in [1.165, 1.54) is 18.2 Å². The highest BCUT2D eigenvalue weighted by Gasteiger charge is 2.23. The van der Waals surface area contributed by atoms with E-state index in [1.54, 1.807) is 18.3 Å². The maximum atomic E-state index is 9.84. The molecule has 4 heteroatoms. The Morgan fingerprint density at radius 2 is 1.44 bits per heavy atom. The highest BCUT2D eigenvalue weighted by molar-refractivity contribution is 6.24. The van der Waals surface area contributed by atoms with Crippen LogP contribution in [-0.4, -0.2) is 24.1 Å². The number of aromatic hydroxyl groups is 1. The number of phenols is 1. The molecule has 0 heterocycles. The monoisotopic (exact) mass is 328 g/mol. The average Bonchev–Trinajstić information content (AvgIpc) is 2.96. The zero-order valence-corrected chi connectivity index (χ0v) is 13.7. The van der Waals surface area contributed by atoms with Gasteiger partial charge in [-0.1, -0.05) is 48.5 Å². The van der Waals surface area contributed by atoms with Crippen LogP contribution in [-0.2, 0) is 0 Å². The van der Waals surface area contributed by atoms with Crippen LogP contribution < -0.4 is 4.74 Å². The Kier molecular flexibility index (Phi) is 3.78. The quantitative estimate of drug-likeness (QED) is 0.451. The van der Waals surface area contributed by atoms with Crippen LogP contribution in [0.1, 0.15) is 16.7 Å². The summed E-state index contributed by atoms with van der Waals surface area (Å²) in [6.07, 6.45) is 1.62. The van der Waals surface area contributed by atoms with E-state index in [0.29, 0.717) is 5.75 Å². The van der Waals surface area contributed by atoms with Crippen molar-refractivity contribution in [2.75, 3.05) is 7.11 Å². The smallest absolute Gasteiger partial charge is 0.160 e. The summed E-state index contributed by atoms with van der Waals surface area (Å²) in [5.74, 6) is 0.512. The van der Waals surface area contributed by atoms with Crippen molar-refractivity contribution in [2.24, 2.45) is 10.2 Å². The van der Waals surface area contributed by atoms with Gasteiger partial charge < -0.3 is 9.84 Å². The lowest BCUT2D eigenvalue weighted by Gasteiger charge is -2.02. The van der Waals surface area contributed by atoms with Gasteiger partial charge in [0, 0.05) is 11.1 Å². The maximum Gasteiger partial charge on any atom is 0.160 e. The Morgan fingerprint density at radius 3 is 2.00 bits per heavy atom. The summed E-state index contributed by atoms with van der Waals surface area (Å²) < 4.78 is 5.04. The van der Waals surface area contributed by atoms with Crippen molar-refractivity contribution >= 4 is 11.9 Å². The van der Waals surface area contributed by atoms with E-state index in [0.717, 1.165) is 22.4 Å². The van der Waals surface area contributed by atoms with Crippen molar-refractivity contribution in [3.63, 3.8) is 0 Å². The first-order valence-corrected chi connectivity index (χ1v) is 7.95. The van der Waals surface area contributed by atoms with Crippen LogP contribution >= 0.6 is 0 Å². The molecule has 122 valence electrons. The molecule has 0 unspecified atom stereocenters. The van der Waals surface area contributed by atoms with Crippen LogP contribution in [0.3, 0.4) is 0 Å². The van der Waals surface area contributed by atoms with E-state index < -0.39 is 0 Å². The van der Waals surface area contributed by atoms with Gasteiger partial charge in [-0.3, -0.25) is 0 Å². The number of nitrogens with zero attached hydrogens (tertiary/aromatic N) is 2. The molecule has 4 nitrogen and oxygen atoms in total. The number of benzene rings is 3. The molecule has 1 N–H and O–H groups in total. The van der Waals surface area contributed by atoms with E-state index in [-0.39, 0.29) is 5.75 Å². The molecule has 0 aromatic heterocycles. The first-order valence-electron chi connectivity index (χ1n) is 7.95. The number of hydrogen-bond donors (Lipinski definition) is 1. The van der Waals surface area contributed by atoms with Crippen LogP contribution in [0.15, 0.2) is 76.9 Å². The summed E-state index contributed by atoms with van der Waals surface area (Å²) in [6.45, 7) is 0. The lowest BCUT2D eigenvalue weighted by atomic mass is 10.1. The second-order valence-corrected chi connectivity index (χ2v) is 5.72. The minimum atomic E-state index is 0.0793. The molecule has 0 aliphatic heterocycles. The maximum absolute atomic E-state index is 9.84. The van der Waals surface area contributed by atoms with Gasteiger partial charge in [0.1, 0.15) is 5.71 Å². The lowest BCUT2D eigenvalue weighted by Crippen LogP contribution is -1.97. The van der Waals surface area contributed by atoms with Gasteiger partial charge in [0.25, 0.3) is 0 Å². The van der Waals surface area contributed by atoms with Gasteiger partial charge in [-0.2, -0.15) is 5.10 Å². The fraction of sp³-hybridized carbons (Fsp3) is 0.0476. The minimum absolute atomic E-state index is 0.0793. The zero-order chi connectivity index (χ0) is 17.2. The van der Waals surface area contributed by atoms with Crippen LogP contribution in [0, 0.1) is 0 Å². The molecule has 0 bridgehead atoms. The predicted octanol–water partition coefficient (Wildman–Crippen LogP) is 4.25. The molecule has 1 aliphatic rings. The molecule has 0 saturated carbocycles. The Labute approximate surface area is 145 Å². The summed E-state index contributed by atoms with van der Waals surface area (Å²) in [7, 11) is 1.52. The van der Waals surface area contributed by atoms with Crippen molar-refractivity contribution in [3.05, 3.63) is 83.4 Å². The van der Waals surface area contributed by atoms with Crippen LogP contribution in [0.2, 0.25) is 0 Å². The van der Waals surface area contributed by atoms with E-state index in [9.17, 15) is 5.11 Å². The number of rotatable bonds is 3. The summed E-state index contributed by atoms with van der Waals surface area (Å²) in [5.41, 5.74) is 6.13. The third-order valence-corrected chi connectivity index (χ3v) is 4.22. The Hall–Kier alpha value is -3.40. The van der Waals surface area contributed by atoms with E-state index in [2.05, 4.69) is 34.5 Å². The highest BCUT2D eigenvalue weighted by Crippen LogP contribution is 2.36. The Bertz CT molecular complexity index is 959. The second-order valence-electron chi connectivity index (χ2n) is 5.72. The molecule has 4 rings (SSSR count). The number of methoxy groups -OCH3 is 1. The summed E-state index contributed by atoms with van der Waals surface area (Å²) in [4.78, 5) is 0. The fourth-order valence-electron chi connectivity index (χ4n) is 3.04. The summed E-state index contributed by atoms with van der Waals surface area (Å²) in [6, 6.07) is 21.5. The normalized spacial score (nSPS) is 12.1. The topological polar surface area (TPSA) is 54.2 Å². The van der Waals surface area contributed by atoms with Gasteiger partial charge in [0.15, 0.2) is 11.5 Å². The van der Waals surface area contributed by atoms with Gasteiger partial charge >= 0.3 is 0 Å². The first-order chi connectivity index (χ1) is 12.3. The van der Waals surface area contributed by atoms with Crippen molar-refractivity contribution in [2.45, 2.75) is 0 Å². The molecule has 3 aromatic carbocycles. The molecular formula is C21H16N2O2. The fourth-order valence-corrected chi connectivity index (χ4v) is 3.04. The van der Waals surface area contributed by atoms with Crippen molar-refractivity contribution < 1.29 is 9.84 Å². The Morgan fingerprint density at radius 1 is 0.840 bits per heavy atom. The van der Waals surface area contributed by atoms with E-state index >= 15 is 0 Å². The molecule has 0 fully saturated rings. The summed E-state index contributed by atoms with van der Waals surface area (Å²) >= 11 is 0. The van der Waals surface area contributed by atoms with E-state index in [4.69, 9.17) is 4.74 Å². The average molecular weight is 328 g/mol. The van der Waals surface area contributed by atoms with Crippen molar-refractivity contribution in [1.29, 1.82) is 0 Å². The molecule has 25 heavy (non-hydrogen) atoms. The number of phenolic OH excluding ortho intramolecular Hbond substituents is 1. The van der Waals surface area contributed by atoms with E-state index in [1.807, 2.05) is 30.3 Å². The first kappa shape index (κ1) is 15.1. The van der Waals surface area contributed by atoms with Crippen LogP contribution in [0.4, 0.5) is 0 Å². The number of hydrogen-bond acceptors (Lipinski definition) is 4. The highest BCUT2D eigenvalue weighted by atomic mass is 16.5. The largest absolute Gasteiger partial charge is 0.504 e. The molecule has 1 aliphatic carbocycles. The minimum Gasteiger partial charge on any atom is -0.504 e. The van der Waals surface area contributed by atoms with Gasteiger partial charge in [0.05, 0.1) is 13.3 Å². The molecule has 0 radical (unpaired) electrons. The molecule has 3 aromatic rings. The van der Waals surface area contributed by atoms with Crippen molar-refractivity contribution in [1.82, 2.24) is 0 Å². The lowest BCUT2D eigenvalue weighted by molar-refractivity contribution is 0.373. The van der Waals surface area contributed by atoms with Crippen LogP contribution in [0.25, 0.3) is 11.1 Å². The molecule has 0 amide bonds. The number of fused-ring (bicyclic) bond motifs is 3.